The van der Waals surface area contributed by atoms with E-state index in [1.165, 1.54) is 38.5 Å². The van der Waals surface area contributed by atoms with Crippen molar-refractivity contribution < 1.29 is 19.0 Å². The third kappa shape index (κ3) is 4.17. The van der Waals surface area contributed by atoms with Gasteiger partial charge < -0.3 is 14.2 Å². The standard InChI is InChI=1S/C33H52O4/c1-6-7-8-9-29(34)36-24-13-15-31(4)23(18-24)10-11-25-26(31)14-16-32(5)27(25)19-28-30(32)22(3)33(37-28)17-12-21(2)20-35-33/h10,21-22,24-28,30H,6-9,11-20H2,1-5H3/t21-,22-,24+,25+,26-,27-,28+,30-,31-,32-,33+/m0/s1. The number of unbranched alkanes of at least 4 members (excludes halogenated alkanes) is 2. The van der Waals surface area contributed by atoms with Crippen molar-refractivity contribution in [1.82, 2.24) is 0 Å². The van der Waals surface area contributed by atoms with Gasteiger partial charge in [0.2, 0.25) is 0 Å². The van der Waals surface area contributed by atoms with Crippen LogP contribution in [0.3, 0.4) is 0 Å². The van der Waals surface area contributed by atoms with Crippen LogP contribution in [0.1, 0.15) is 118 Å². The lowest BCUT2D eigenvalue weighted by molar-refractivity contribution is -0.272. The summed E-state index contributed by atoms with van der Waals surface area (Å²) in [5.41, 5.74) is 2.25. The SMILES string of the molecule is CCCCCC(=O)O[C@@H]1CC[C@@]2(C)C(=CC[C@H]3[C@@H]4C[C@H]5O[C@]6(CC[C@H](C)CO6)[C@@H](C)[C@@H]5[C@@]4(C)CC[C@@H]32)C1. The first-order valence-electron chi connectivity index (χ1n) is 15.9. The molecular formula is C33H52O4. The van der Waals surface area contributed by atoms with Gasteiger partial charge in [-0.25, -0.2) is 0 Å². The summed E-state index contributed by atoms with van der Waals surface area (Å²) in [4.78, 5) is 12.4. The zero-order valence-corrected chi connectivity index (χ0v) is 24.2. The van der Waals surface area contributed by atoms with Crippen molar-refractivity contribution in [1.29, 1.82) is 0 Å². The fourth-order valence-electron chi connectivity index (χ4n) is 10.5. The van der Waals surface area contributed by atoms with Crippen molar-refractivity contribution >= 4 is 5.97 Å². The molecule has 1 spiro atoms. The normalized spacial score (nSPS) is 50.6. The minimum Gasteiger partial charge on any atom is -0.462 e. The zero-order valence-electron chi connectivity index (χ0n) is 24.2. The lowest BCUT2D eigenvalue weighted by Gasteiger charge is -2.58. The molecule has 208 valence electrons. The van der Waals surface area contributed by atoms with Gasteiger partial charge in [0.25, 0.3) is 0 Å². The molecule has 0 bridgehead atoms. The molecule has 0 radical (unpaired) electrons. The quantitative estimate of drug-likeness (QED) is 0.214. The molecule has 4 heteroatoms. The van der Waals surface area contributed by atoms with E-state index in [-0.39, 0.29) is 23.3 Å². The van der Waals surface area contributed by atoms with Crippen molar-refractivity contribution in [2.45, 2.75) is 136 Å². The molecule has 0 aromatic carbocycles. The maximum Gasteiger partial charge on any atom is 0.306 e. The van der Waals surface area contributed by atoms with Crippen LogP contribution in [-0.4, -0.2) is 30.6 Å². The van der Waals surface area contributed by atoms with Gasteiger partial charge in [0, 0.05) is 25.2 Å². The molecule has 0 unspecified atom stereocenters. The number of fused-ring (bicyclic) bond motifs is 7. The maximum absolute atomic E-state index is 12.4. The Morgan fingerprint density at radius 1 is 1.08 bits per heavy atom. The molecule has 4 nitrogen and oxygen atoms in total. The first kappa shape index (κ1) is 26.4. The van der Waals surface area contributed by atoms with Crippen molar-refractivity contribution in [3.8, 4) is 0 Å². The van der Waals surface area contributed by atoms with E-state index in [1.54, 1.807) is 5.57 Å². The molecule has 5 fully saturated rings. The van der Waals surface area contributed by atoms with Crippen LogP contribution in [0, 0.1) is 46.3 Å². The maximum atomic E-state index is 12.4. The molecule has 0 N–H and O–H groups in total. The summed E-state index contributed by atoms with van der Waals surface area (Å²) in [6, 6.07) is 0. The van der Waals surface area contributed by atoms with Gasteiger partial charge >= 0.3 is 5.97 Å². The number of esters is 1. The second-order valence-electron chi connectivity index (χ2n) is 14.6. The summed E-state index contributed by atoms with van der Waals surface area (Å²) in [7, 11) is 0. The number of hydrogen-bond donors (Lipinski definition) is 0. The second-order valence-corrected chi connectivity index (χ2v) is 14.6. The van der Waals surface area contributed by atoms with Gasteiger partial charge in [-0.1, -0.05) is 59.1 Å². The fraction of sp³-hybridized carbons (Fsp3) is 0.909. The highest BCUT2D eigenvalue weighted by Crippen LogP contribution is 2.70. The Labute approximate surface area is 225 Å². The third-order valence-electron chi connectivity index (χ3n) is 12.6. The van der Waals surface area contributed by atoms with Crippen LogP contribution >= 0.6 is 0 Å². The Hall–Kier alpha value is -0.870. The Morgan fingerprint density at radius 3 is 2.68 bits per heavy atom. The number of ether oxygens (including phenoxy) is 3. The molecule has 11 atom stereocenters. The largest absolute Gasteiger partial charge is 0.462 e. The first-order chi connectivity index (χ1) is 17.7. The molecule has 6 rings (SSSR count). The van der Waals surface area contributed by atoms with Crippen LogP contribution in [0.25, 0.3) is 0 Å². The van der Waals surface area contributed by atoms with Crippen molar-refractivity contribution in [2.75, 3.05) is 6.61 Å². The predicted molar refractivity (Wildman–Crippen MR) is 146 cm³/mol. The number of allylic oxidation sites excluding steroid dienone is 1. The van der Waals surface area contributed by atoms with Crippen LogP contribution in [0.15, 0.2) is 11.6 Å². The number of hydrogen-bond acceptors (Lipinski definition) is 4. The zero-order chi connectivity index (χ0) is 26.0. The van der Waals surface area contributed by atoms with Gasteiger partial charge in [-0.05, 0) is 91.8 Å². The van der Waals surface area contributed by atoms with E-state index >= 15 is 0 Å². The van der Waals surface area contributed by atoms with Crippen molar-refractivity contribution in [2.24, 2.45) is 46.3 Å². The molecule has 2 aliphatic heterocycles. The smallest absolute Gasteiger partial charge is 0.306 e. The van der Waals surface area contributed by atoms with Gasteiger partial charge in [-0.15, -0.1) is 0 Å². The Balaban J connectivity index is 1.15. The number of rotatable bonds is 5. The van der Waals surface area contributed by atoms with E-state index in [4.69, 9.17) is 14.2 Å². The number of carbonyl (C=O) groups excluding carboxylic acids is 1. The van der Waals surface area contributed by atoms with Crippen LogP contribution in [0.4, 0.5) is 0 Å². The van der Waals surface area contributed by atoms with Crippen molar-refractivity contribution in [3.05, 3.63) is 11.6 Å². The lowest BCUT2D eigenvalue weighted by atomic mass is 9.47. The molecule has 2 heterocycles. The molecule has 37 heavy (non-hydrogen) atoms. The molecule has 3 saturated carbocycles. The summed E-state index contributed by atoms with van der Waals surface area (Å²) in [6.07, 6.45) is 17.4. The van der Waals surface area contributed by atoms with Gasteiger partial charge in [0.15, 0.2) is 5.79 Å². The topological polar surface area (TPSA) is 44.8 Å². The molecule has 0 amide bonds. The number of carbonyl (C=O) groups is 1. The van der Waals surface area contributed by atoms with Gasteiger partial charge in [0.1, 0.15) is 6.10 Å². The highest BCUT2D eigenvalue weighted by molar-refractivity contribution is 5.69. The molecule has 0 aromatic heterocycles. The lowest BCUT2D eigenvalue weighted by Crippen LogP contribution is -2.52. The Morgan fingerprint density at radius 2 is 1.92 bits per heavy atom. The minimum atomic E-state index is -0.315. The van der Waals surface area contributed by atoms with Crippen LogP contribution in [-0.2, 0) is 19.0 Å². The minimum absolute atomic E-state index is 0.0190. The highest BCUT2D eigenvalue weighted by atomic mass is 16.7. The van der Waals surface area contributed by atoms with E-state index in [1.807, 2.05) is 0 Å². The summed E-state index contributed by atoms with van der Waals surface area (Å²) in [5.74, 6) is 3.77. The summed E-state index contributed by atoms with van der Waals surface area (Å²) < 4.78 is 19.4. The van der Waals surface area contributed by atoms with E-state index in [0.717, 1.165) is 62.9 Å². The first-order valence-corrected chi connectivity index (χ1v) is 15.9. The van der Waals surface area contributed by atoms with Crippen molar-refractivity contribution in [3.63, 3.8) is 0 Å². The van der Waals surface area contributed by atoms with Crippen LogP contribution in [0.5, 0.6) is 0 Å². The molecule has 2 saturated heterocycles. The molecular weight excluding hydrogens is 460 g/mol. The van der Waals surface area contributed by atoms with E-state index < -0.39 is 0 Å². The summed E-state index contributed by atoms with van der Waals surface area (Å²) in [6.45, 7) is 13.0. The summed E-state index contributed by atoms with van der Waals surface area (Å²) >= 11 is 0. The van der Waals surface area contributed by atoms with Gasteiger partial charge in [-0.2, -0.15) is 0 Å². The van der Waals surface area contributed by atoms with Crippen LogP contribution < -0.4 is 0 Å². The van der Waals surface area contributed by atoms with E-state index in [9.17, 15) is 4.79 Å². The van der Waals surface area contributed by atoms with Gasteiger partial charge in [-0.3, -0.25) is 4.79 Å². The second kappa shape index (κ2) is 9.65. The third-order valence-corrected chi connectivity index (χ3v) is 12.6. The average Bonchev–Trinajstić information content (AvgIpc) is 3.31. The Kier molecular flexibility index (Phi) is 6.87. The van der Waals surface area contributed by atoms with Crippen LogP contribution in [0.2, 0.25) is 0 Å². The predicted octanol–water partition coefficient (Wildman–Crippen LogP) is 7.85. The van der Waals surface area contributed by atoms with E-state index in [2.05, 4.69) is 40.7 Å². The molecule has 6 aliphatic rings. The fourth-order valence-corrected chi connectivity index (χ4v) is 10.5. The Bertz CT molecular complexity index is 902. The average molecular weight is 513 g/mol. The molecule has 4 aliphatic carbocycles. The summed E-state index contributed by atoms with van der Waals surface area (Å²) in [5, 5.41) is 0. The monoisotopic (exact) mass is 512 g/mol. The highest BCUT2D eigenvalue weighted by Gasteiger charge is 2.68. The van der Waals surface area contributed by atoms with Gasteiger partial charge in [0.05, 0.1) is 12.7 Å². The molecule has 0 aromatic rings. The van der Waals surface area contributed by atoms with E-state index in [0.29, 0.717) is 35.7 Å².